The number of anilines is 2. The van der Waals surface area contributed by atoms with Crippen molar-refractivity contribution in [1.82, 2.24) is 9.80 Å². The summed E-state index contributed by atoms with van der Waals surface area (Å²) in [5, 5.41) is 3.59. The van der Waals surface area contributed by atoms with Gasteiger partial charge in [-0.1, -0.05) is 38.1 Å². The van der Waals surface area contributed by atoms with Crippen molar-refractivity contribution in [3.8, 4) is 5.75 Å². The number of fused-ring (bicyclic) bond motifs is 1. The molecule has 5 rings (SSSR count). The third-order valence-electron chi connectivity index (χ3n) is 7.88. The standard InChI is InChI=1S/C31H38N4O5/c1-5-40-30(38)34-15-13-33(14-16-34)27(37)20-35-25-12-7-6-11-23(25)32-24-18-31(2,3)19-26(36)28(24)29(35)21-9-8-10-22(17-21)39-4/h6-12,17,29,32H,5,13-16,18-20H2,1-4H3. The van der Waals surface area contributed by atoms with E-state index < -0.39 is 6.04 Å². The van der Waals surface area contributed by atoms with Gasteiger partial charge in [-0.15, -0.1) is 0 Å². The number of methoxy groups -OCH3 is 1. The molecule has 0 aromatic heterocycles. The number of hydrogen-bond acceptors (Lipinski definition) is 7. The lowest BCUT2D eigenvalue weighted by Gasteiger charge is -2.39. The van der Waals surface area contributed by atoms with E-state index in [1.807, 2.05) is 48.5 Å². The Balaban J connectivity index is 1.54. The Bertz CT molecular complexity index is 1330. The summed E-state index contributed by atoms with van der Waals surface area (Å²) >= 11 is 0. The molecule has 9 heteroatoms. The first-order chi connectivity index (χ1) is 19.2. The van der Waals surface area contributed by atoms with Crippen molar-refractivity contribution in [3.05, 3.63) is 65.4 Å². The van der Waals surface area contributed by atoms with Crippen LogP contribution in [-0.4, -0.2) is 74.0 Å². The van der Waals surface area contributed by atoms with Crippen molar-refractivity contribution >= 4 is 29.2 Å². The van der Waals surface area contributed by atoms with Crippen LogP contribution in [0.3, 0.4) is 0 Å². The maximum atomic E-state index is 13.9. The van der Waals surface area contributed by atoms with Crippen molar-refractivity contribution < 1.29 is 23.9 Å². The monoisotopic (exact) mass is 546 g/mol. The van der Waals surface area contributed by atoms with Gasteiger partial charge in [0, 0.05) is 43.9 Å². The fourth-order valence-electron chi connectivity index (χ4n) is 5.98. The lowest BCUT2D eigenvalue weighted by Crippen LogP contribution is -2.53. The zero-order chi connectivity index (χ0) is 28.4. The summed E-state index contributed by atoms with van der Waals surface area (Å²) < 4.78 is 10.7. The summed E-state index contributed by atoms with van der Waals surface area (Å²) in [6, 6.07) is 15.2. The van der Waals surface area contributed by atoms with Crippen LogP contribution in [0.1, 0.15) is 45.2 Å². The van der Waals surface area contributed by atoms with Gasteiger partial charge in [-0.3, -0.25) is 9.59 Å². The fraction of sp³-hybridized carbons (Fsp3) is 0.452. The van der Waals surface area contributed by atoms with Crippen LogP contribution in [0.5, 0.6) is 5.75 Å². The van der Waals surface area contributed by atoms with Crippen LogP contribution in [-0.2, 0) is 14.3 Å². The van der Waals surface area contributed by atoms with Gasteiger partial charge in [-0.2, -0.15) is 0 Å². The molecular weight excluding hydrogens is 508 g/mol. The highest BCUT2D eigenvalue weighted by atomic mass is 16.6. The maximum Gasteiger partial charge on any atom is 0.409 e. The number of allylic oxidation sites excluding steroid dienone is 1. The third-order valence-corrected chi connectivity index (χ3v) is 7.88. The van der Waals surface area contributed by atoms with Crippen LogP contribution in [0.25, 0.3) is 0 Å². The van der Waals surface area contributed by atoms with Crippen molar-refractivity contribution in [2.75, 3.05) is 56.7 Å². The highest BCUT2D eigenvalue weighted by molar-refractivity contribution is 6.02. The number of rotatable bonds is 5. The molecule has 1 saturated heterocycles. The Morgan fingerprint density at radius 1 is 1.00 bits per heavy atom. The van der Waals surface area contributed by atoms with Crippen LogP contribution in [0.2, 0.25) is 0 Å². The fourth-order valence-corrected chi connectivity index (χ4v) is 5.98. The first-order valence-corrected chi connectivity index (χ1v) is 13.9. The van der Waals surface area contributed by atoms with Gasteiger partial charge in [0.05, 0.1) is 37.7 Å². The number of Topliss-reactive ketones (excluding diaryl/α,β-unsaturated/α-hetero) is 1. The van der Waals surface area contributed by atoms with E-state index in [4.69, 9.17) is 9.47 Å². The molecule has 40 heavy (non-hydrogen) atoms. The average Bonchev–Trinajstić information content (AvgIpc) is 3.07. The predicted octanol–water partition coefficient (Wildman–Crippen LogP) is 4.61. The molecule has 3 aliphatic rings. The number of para-hydroxylation sites is 2. The summed E-state index contributed by atoms with van der Waals surface area (Å²) in [5.74, 6) is 0.716. The van der Waals surface area contributed by atoms with Gasteiger partial charge >= 0.3 is 6.09 Å². The largest absolute Gasteiger partial charge is 0.497 e. The van der Waals surface area contributed by atoms with E-state index in [1.54, 1.807) is 23.8 Å². The number of hydrogen-bond donors (Lipinski definition) is 1. The van der Waals surface area contributed by atoms with Crippen molar-refractivity contribution in [3.63, 3.8) is 0 Å². The highest BCUT2D eigenvalue weighted by Crippen LogP contribution is 2.48. The molecular formula is C31H38N4O5. The van der Waals surface area contributed by atoms with E-state index in [0.29, 0.717) is 50.5 Å². The molecule has 212 valence electrons. The minimum absolute atomic E-state index is 0.0566. The molecule has 1 aliphatic carbocycles. The first-order valence-electron chi connectivity index (χ1n) is 13.9. The normalized spacial score (nSPS) is 20.2. The molecule has 2 aromatic carbocycles. The molecule has 1 unspecified atom stereocenters. The van der Waals surface area contributed by atoms with Crippen LogP contribution in [0.4, 0.5) is 16.2 Å². The van der Waals surface area contributed by atoms with Gasteiger partial charge in [-0.05, 0) is 48.6 Å². The van der Waals surface area contributed by atoms with Gasteiger partial charge in [0.2, 0.25) is 5.91 Å². The molecule has 1 N–H and O–H groups in total. The summed E-state index contributed by atoms with van der Waals surface area (Å²) in [5.41, 5.74) is 4.03. The zero-order valence-corrected chi connectivity index (χ0v) is 23.7. The Labute approximate surface area is 235 Å². The summed E-state index contributed by atoms with van der Waals surface area (Å²) in [7, 11) is 1.62. The van der Waals surface area contributed by atoms with Crippen LogP contribution < -0.4 is 15.0 Å². The molecule has 2 heterocycles. The predicted molar refractivity (Wildman–Crippen MR) is 153 cm³/mol. The van der Waals surface area contributed by atoms with Gasteiger partial charge in [0.25, 0.3) is 0 Å². The zero-order valence-electron chi connectivity index (χ0n) is 23.7. The second kappa shape index (κ2) is 11.2. The smallest absolute Gasteiger partial charge is 0.409 e. The molecule has 9 nitrogen and oxygen atoms in total. The van der Waals surface area contributed by atoms with Gasteiger partial charge in [-0.25, -0.2) is 4.79 Å². The van der Waals surface area contributed by atoms with E-state index in [-0.39, 0.29) is 29.7 Å². The lowest BCUT2D eigenvalue weighted by molar-refractivity contribution is -0.131. The molecule has 2 aliphatic heterocycles. The third kappa shape index (κ3) is 5.50. The molecule has 2 aromatic rings. The minimum Gasteiger partial charge on any atom is -0.497 e. The van der Waals surface area contributed by atoms with E-state index in [2.05, 4.69) is 24.1 Å². The van der Waals surface area contributed by atoms with Crippen molar-refractivity contribution in [2.24, 2.45) is 5.41 Å². The second-order valence-electron chi connectivity index (χ2n) is 11.3. The van der Waals surface area contributed by atoms with Crippen molar-refractivity contribution in [2.45, 2.75) is 39.7 Å². The number of amides is 2. The average molecular weight is 547 g/mol. The number of carbonyl (C=O) groups is 3. The van der Waals surface area contributed by atoms with Crippen molar-refractivity contribution in [1.29, 1.82) is 0 Å². The van der Waals surface area contributed by atoms with Crippen LogP contribution in [0.15, 0.2) is 59.8 Å². The lowest BCUT2D eigenvalue weighted by atomic mass is 9.73. The quantitative estimate of drug-likeness (QED) is 0.586. The molecule has 0 spiro atoms. The topological polar surface area (TPSA) is 91.4 Å². The molecule has 0 bridgehead atoms. The Hall–Kier alpha value is -4.01. The molecule has 1 fully saturated rings. The summed E-state index contributed by atoms with van der Waals surface area (Å²) in [4.78, 5) is 45.4. The number of ketones is 1. The highest BCUT2D eigenvalue weighted by Gasteiger charge is 2.42. The first kappa shape index (κ1) is 27.6. The Morgan fingerprint density at radius 3 is 2.45 bits per heavy atom. The number of benzene rings is 2. The number of piperazine rings is 1. The molecule has 0 saturated carbocycles. The maximum absolute atomic E-state index is 13.9. The Morgan fingerprint density at radius 2 is 1.73 bits per heavy atom. The summed E-state index contributed by atoms with van der Waals surface area (Å²) in [6.45, 7) is 8.11. The summed E-state index contributed by atoms with van der Waals surface area (Å²) in [6.07, 6.45) is 0.806. The van der Waals surface area contributed by atoms with Crippen LogP contribution in [0, 0.1) is 5.41 Å². The van der Waals surface area contributed by atoms with Gasteiger partial charge in [0.1, 0.15) is 5.75 Å². The minimum atomic E-state index is -0.477. The van der Waals surface area contributed by atoms with Gasteiger partial charge in [0.15, 0.2) is 5.78 Å². The molecule has 0 radical (unpaired) electrons. The van der Waals surface area contributed by atoms with E-state index in [9.17, 15) is 14.4 Å². The second-order valence-corrected chi connectivity index (χ2v) is 11.3. The molecule has 1 atom stereocenters. The number of ether oxygens (including phenoxy) is 2. The van der Waals surface area contributed by atoms with Gasteiger partial charge < -0.3 is 29.5 Å². The number of carbonyl (C=O) groups excluding carboxylic acids is 3. The van der Waals surface area contributed by atoms with Crippen LogP contribution >= 0.6 is 0 Å². The van der Waals surface area contributed by atoms with E-state index in [1.165, 1.54) is 0 Å². The van der Waals surface area contributed by atoms with E-state index >= 15 is 0 Å². The van der Waals surface area contributed by atoms with E-state index in [0.717, 1.165) is 29.1 Å². The SMILES string of the molecule is CCOC(=O)N1CCN(C(=O)CN2c3ccccc3NC3=C(C(=O)CC(C)(C)C3)C2c2cccc(OC)c2)CC1. The Kier molecular flexibility index (Phi) is 7.74. The number of nitrogens with one attached hydrogen (secondary N) is 1. The molecule has 2 amide bonds. The number of nitrogens with zero attached hydrogens (tertiary/aromatic N) is 3.